The van der Waals surface area contributed by atoms with Crippen LogP contribution in [0.4, 0.5) is 0 Å². The number of aryl methyl sites for hydroxylation is 1. The molecule has 1 atom stereocenters. The van der Waals surface area contributed by atoms with Gasteiger partial charge in [-0.25, -0.2) is 0 Å². The van der Waals surface area contributed by atoms with Crippen LogP contribution in [-0.2, 0) is 0 Å². The smallest absolute Gasteiger partial charge is 0.00560 e. The summed E-state index contributed by atoms with van der Waals surface area (Å²) in [6.07, 6.45) is 12.6. The lowest BCUT2D eigenvalue weighted by molar-refractivity contribution is 0.294. The quantitative estimate of drug-likeness (QED) is 0.427. The van der Waals surface area contributed by atoms with E-state index in [2.05, 4.69) is 88.0 Å². The molecule has 0 aliphatic heterocycles. The van der Waals surface area contributed by atoms with E-state index in [1.807, 2.05) is 0 Å². The highest BCUT2D eigenvalue weighted by molar-refractivity contribution is 5.71. The van der Waals surface area contributed by atoms with Crippen LogP contribution in [0.2, 0.25) is 0 Å². The zero-order valence-corrected chi connectivity index (χ0v) is 18.0. The molecule has 3 rings (SSSR count). The molecule has 1 saturated carbocycles. The first kappa shape index (κ1) is 20.6. The summed E-state index contributed by atoms with van der Waals surface area (Å²) >= 11 is 0. The van der Waals surface area contributed by atoms with E-state index in [9.17, 15) is 0 Å². The van der Waals surface area contributed by atoms with Crippen molar-refractivity contribution in [2.24, 2.45) is 11.8 Å². The van der Waals surface area contributed by atoms with Crippen LogP contribution in [0.1, 0.15) is 69.4 Å². The largest absolute Gasteiger partial charge is 0.102 e. The first-order valence-corrected chi connectivity index (χ1v) is 11.1. The van der Waals surface area contributed by atoms with Crippen molar-refractivity contribution in [2.75, 3.05) is 0 Å². The van der Waals surface area contributed by atoms with E-state index >= 15 is 0 Å². The Morgan fingerprint density at radius 3 is 2.29 bits per heavy atom. The molecule has 2 aromatic rings. The summed E-state index contributed by atoms with van der Waals surface area (Å²) in [5.74, 6) is 2.11. The fraction of sp³-hybridized carbons (Fsp3) is 0.429. The number of allylic oxidation sites excluding steroid dienone is 3. The zero-order chi connectivity index (χ0) is 19.9. The summed E-state index contributed by atoms with van der Waals surface area (Å²) in [5.41, 5.74) is 7.00. The minimum Gasteiger partial charge on any atom is -0.102 e. The Balaban J connectivity index is 1.78. The normalized spacial score (nSPS) is 21.3. The van der Waals surface area contributed by atoms with E-state index in [0.29, 0.717) is 5.92 Å². The van der Waals surface area contributed by atoms with E-state index in [1.165, 1.54) is 54.4 Å². The first-order valence-electron chi connectivity index (χ1n) is 11.1. The van der Waals surface area contributed by atoms with Gasteiger partial charge in [0.15, 0.2) is 0 Å². The number of hydrogen-bond acceptors (Lipinski definition) is 0. The summed E-state index contributed by atoms with van der Waals surface area (Å²) in [4.78, 5) is 0. The van der Waals surface area contributed by atoms with Gasteiger partial charge in [-0.2, -0.15) is 0 Å². The third-order valence-corrected chi connectivity index (χ3v) is 6.84. The molecule has 28 heavy (non-hydrogen) atoms. The Morgan fingerprint density at radius 2 is 1.64 bits per heavy atom. The standard InChI is InChI=1S/C28H36/c1-5-23-16-19-25(20-17-23)21(3)15-18-24(6-2)27-13-9-10-14-28(27)26-12-8-7-11-22(26)4/h6-15,23-25H,2,5,16-20H2,1,3-4H3/b21-15+. The Kier molecular flexibility index (Phi) is 7.31. The maximum absolute atomic E-state index is 4.18. The van der Waals surface area contributed by atoms with Crippen LogP contribution in [0.3, 0.4) is 0 Å². The molecule has 0 aromatic heterocycles. The predicted molar refractivity (Wildman–Crippen MR) is 124 cm³/mol. The second-order valence-electron chi connectivity index (χ2n) is 8.55. The number of rotatable bonds is 7. The number of benzene rings is 2. The summed E-state index contributed by atoms with van der Waals surface area (Å²) in [6, 6.07) is 17.5. The molecule has 0 radical (unpaired) electrons. The van der Waals surface area contributed by atoms with Crippen molar-refractivity contribution in [3.63, 3.8) is 0 Å². The molecule has 2 aromatic carbocycles. The first-order chi connectivity index (χ1) is 13.6. The fourth-order valence-corrected chi connectivity index (χ4v) is 4.80. The zero-order valence-electron chi connectivity index (χ0n) is 18.0. The van der Waals surface area contributed by atoms with E-state index < -0.39 is 0 Å². The van der Waals surface area contributed by atoms with E-state index in [0.717, 1.165) is 18.3 Å². The molecule has 148 valence electrons. The van der Waals surface area contributed by atoms with Gasteiger partial charge in [-0.3, -0.25) is 0 Å². The van der Waals surface area contributed by atoms with Crippen molar-refractivity contribution < 1.29 is 0 Å². The highest BCUT2D eigenvalue weighted by atomic mass is 14.3. The van der Waals surface area contributed by atoms with Crippen molar-refractivity contribution in [3.8, 4) is 11.1 Å². The maximum Gasteiger partial charge on any atom is 0.00560 e. The van der Waals surface area contributed by atoms with E-state index in [-0.39, 0.29) is 0 Å². The topological polar surface area (TPSA) is 0 Å². The summed E-state index contributed by atoms with van der Waals surface area (Å²) < 4.78 is 0. The van der Waals surface area contributed by atoms with Gasteiger partial charge < -0.3 is 0 Å². The van der Waals surface area contributed by atoms with Gasteiger partial charge in [0, 0.05) is 5.92 Å². The monoisotopic (exact) mass is 372 g/mol. The Morgan fingerprint density at radius 1 is 1.00 bits per heavy atom. The van der Waals surface area contributed by atoms with Gasteiger partial charge in [0.1, 0.15) is 0 Å². The van der Waals surface area contributed by atoms with Crippen LogP contribution in [0.5, 0.6) is 0 Å². The van der Waals surface area contributed by atoms with Gasteiger partial charge in [-0.05, 0) is 80.0 Å². The van der Waals surface area contributed by atoms with Crippen LogP contribution in [0.15, 0.2) is 72.8 Å². The van der Waals surface area contributed by atoms with E-state index in [1.54, 1.807) is 5.57 Å². The fourth-order valence-electron chi connectivity index (χ4n) is 4.80. The molecule has 0 heteroatoms. The highest BCUT2D eigenvalue weighted by Crippen LogP contribution is 2.37. The summed E-state index contributed by atoms with van der Waals surface area (Å²) in [7, 11) is 0. The van der Waals surface area contributed by atoms with Crippen LogP contribution < -0.4 is 0 Å². The van der Waals surface area contributed by atoms with Gasteiger partial charge in [0.05, 0.1) is 0 Å². The number of hydrogen-bond donors (Lipinski definition) is 0. The van der Waals surface area contributed by atoms with Crippen LogP contribution >= 0.6 is 0 Å². The molecule has 1 aliphatic rings. The van der Waals surface area contributed by atoms with Crippen molar-refractivity contribution >= 4 is 0 Å². The minimum atomic E-state index is 0.359. The molecule has 0 spiro atoms. The molecular weight excluding hydrogens is 336 g/mol. The van der Waals surface area contributed by atoms with Gasteiger partial charge in [-0.1, -0.05) is 79.6 Å². The van der Waals surface area contributed by atoms with Gasteiger partial charge >= 0.3 is 0 Å². The summed E-state index contributed by atoms with van der Waals surface area (Å²) in [5, 5.41) is 0. The lowest BCUT2D eigenvalue weighted by atomic mass is 9.77. The average molecular weight is 373 g/mol. The minimum absolute atomic E-state index is 0.359. The maximum atomic E-state index is 4.18. The Labute approximate surface area is 172 Å². The van der Waals surface area contributed by atoms with Gasteiger partial charge in [0.25, 0.3) is 0 Å². The molecule has 1 fully saturated rings. The van der Waals surface area contributed by atoms with Gasteiger partial charge in [-0.15, -0.1) is 6.58 Å². The molecule has 1 aliphatic carbocycles. The summed E-state index contributed by atoms with van der Waals surface area (Å²) in [6.45, 7) is 11.1. The van der Waals surface area contributed by atoms with Crippen molar-refractivity contribution in [1.82, 2.24) is 0 Å². The lowest BCUT2D eigenvalue weighted by Gasteiger charge is -2.28. The molecule has 0 heterocycles. The van der Waals surface area contributed by atoms with Crippen LogP contribution in [0.25, 0.3) is 11.1 Å². The lowest BCUT2D eigenvalue weighted by Crippen LogP contribution is -2.14. The van der Waals surface area contributed by atoms with Crippen LogP contribution in [0, 0.1) is 18.8 Å². The van der Waals surface area contributed by atoms with Crippen LogP contribution in [-0.4, -0.2) is 0 Å². The highest BCUT2D eigenvalue weighted by Gasteiger charge is 2.21. The third-order valence-electron chi connectivity index (χ3n) is 6.84. The van der Waals surface area contributed by atoms with Crippen molar-refractivity contribution in [2.45, 2.75) is 65.2 Å². The average Bonchev–Trinajstić information content (AvgIpc) is 2.75. The molecule has 0 bridgehead atoms. The Hall–Kier alpha value is -2.08. The molecule has 0 saturated heterocycles. The molecule has 0 amide bonds. The SMILES string of the molecule is C=CC(C/C=C(\C)C1CCC(CC)CC1)c1ccccc1-c1ccccc1C. The molecule has 0 nitrogen and oxygen atoms in total. The molecule has 0 N–H and O–H groups in total. The Bertz CT molecular complexity index is 802. The third kappa shape index (κ3) is 4.85. The van der Waals surface area contributed by atoms with Crippen molar-refractivity contribution in [1.29, 1.82) is 0 Å². The second-order valence-corrected chi connectivity index (χ2v) is 8.55. The second kappa shape index (κ2) is 9.92. The molecular formula is C28H36. The van der Waals surface area contributed by atoms with Gasteiger partial charge in [0.2, 0.25) is 0 Å². The van der Waals surface area contributed by atoms with Crippen molar-refractivity contribution in [3.05, 3.63) is 84.0 Å². The predicted octanol–water partition coefficient (Wildman–Crippen LogP) is 8.48. The molecule has 1 unspecified atom stereocenters. The van der Waals surface area contributed by atoms with E-state index in [4.69, 9.17) is 0 Å².